The van der Waals surface area contributed by atoms with Crippen molar-refractivity contribution in [2.45, 2.75) is 30.4 Å². The van der Waals surface area contributed by atoms with Crippen molar-refractivity contribution in [3.63, 3.8) is 0 Å². The molecule has 0 saturated carbocycles. The molecule has 1 aliphatic rings. The second kappa shape index (κ2) is 8.37. The molecule has 0 unspecified atom stereocenters. The third kappa shape index (κ3) is 4.66. The summed E-state index contributed by atoms with van der Waals surface area (Å²) in [6.07, 6.45) is 1.56. The quantitative estimate of drug-likeness (QED) is 0.726. The number of ether oxygens (including phenoxy) is 1. The molecule has 1 heterocycles. The predicted molar refractivity (Wildman–Crippen MR) is 104 cm³/mol. The van der Waals surface area contributed by atoms with Crippen LogP contribution in [0.3, 0.4) is 0 Å². The van der Waals surface area contributed by atoms with E-state index in [0.29, 0.717) is 6.61 Å². The molecule has 146 valence electrons. The minimum atomic E-state index is -3.98. The van der Waals surface area contributed by atoms with Crippen LogP contribution in [0.4, 0.5) is 10.1 Å². The molecule has 0 bridgehead atoms. The Balaban J connectivity index is 1.89. The average molecular weight is 392 g/mol. The Morgan fingerprint density at radius 2 is 1.81 bits per heavy atom. The van der Waals surface area contributed by atoms with Gasteiger partial charge in [-0.15, -0.1) is 0 Å². The highest BCUT2D eigenvalue weighted by atomic mass is 32.2. The first-order valence-corrected chi connectivity index (χ1v) is 10.4. The number of rotatable bonds is 7. The molecular formula is C20H25FN2O3S. The lowest BCUT2D eigenvalue weighted by Gasteiger charge is -2.25. The fraction of sp³-hybridized carbons (Fsp3) is 0.400. The molecule has 1 aliphatic heterocycles. The molecular weight excluding hydrogens is 367 g/mol. The van der Waals surface area contributed by atoms with Crippen LogP contribution in [0.5, 0.6) is 0 Å². The molecule has 2 aromatic carbocycles. The molecule has 0 aromatic heterocycles. The van der Waals surface area contributed by atoms with Crippen molar-refractivity contribution in [2.24, 2.45) is 0 Å². The molecule has 0 N–H and O–H groups in total. The first-order valence-electron chi connectivity index (χ1n) is 9.00. The topological polar surface area (TPSA) is 49.9 Å². The van der Waals surface area contributed by atoms with Crippen molar-refractivity contribution in [1.82, 2.24) is 4.31 Å². The summed E-state index contributed by atoms with van der Waals surface area (Å²) in [5, 5.41) is 0. The SMILES string of the molecule is CN(C)c1ccc(CN(C[C@H]2CCCO2)S(=O)(=O)c2ccccc2F)cc1. The van der Waals surface area contributed by atoms with Gasteiger partial charge in [0, 0.05) is 39.5 Å². The van der Waals surface area contributed by atoms with Gasteiger partial charge in [0.25, 0.3) is 0 Å². The van der Waals surface area contributed by atoms with Crippen LogP contribution in [0.15, 0.2) is 53.4 Å². The summed E-state index contributed by atoms with van der Waals surface area (Å²) in [5.74, 6) is -0.738. The summed E-state index contributed by atoms with van der Waals surface area (Å²) in [6, 6.07) is 13.2. The molecule has 1 saturated heterocycles. The number of hydrogen-bond acceptors (Lipinski definition) is 4. The van der Waals surface area contributed by atoms with Gasteiger partial charge in [-0.2, -0.15) is 4.31 Å². The van der Waals surface area contributed by atoms with Gasteiger partial charge in [0.15, 0.2) is 0 Å². The maximum atomic E-state index is 14.2. The lowest BCUT2D eigenvalue weighted by atomic mass is 10.2. The predicted octanol–water partition coefficient (Wildman–Crippen LogP) is 3.26. The second-order valence-corrected chi connectivity index (χ2v) is 8.83. The van der Waals surface area contributed by atoms with Gasteiger partial charge in [0.2, 0.25) is 10.0 Å². The van der Waals surface area contributed by atoms with Crippen LogP contribution in [0.25, 0.3) is 0 Å². The zero-order valence-corrected chi connectivity index (χ0v) is 16.5. The lowest BCUT2D eigenvalue weighted by Crippen LogP contribution is -2.37. The van der Waals surface area contributed by atoms with E-state index in [1.165, 1.54) is 28.6 Å². The van der Waals surface area contributed by atoms with E-state index in [9.17, 15) is 12.8 Å². The molecule has 1 atom stereocenters. The van der Waals surface area contributed by atoms with Gasteiger partial charge >= 0.3 is 0 Å². The summed E-state index contributed by atoms with van der Waals surface area (Å²) in [7, 11) is -0.0843. The molecule has 3 rings (SSSR count). The third-order valence-electron chi connectivity index (χ3n) is 4.70. The van der Waals surface area contributed by atoms with Gasteiger partial charge in [-0.3, -0.25) is 0 Å². The van der Waals surface area contributed by atoms with Gasteiger partial charge < -0.3 is 9.64 Å². The van der Waals surface area contributed by atoms with Gasteiger partial charge in [-0.05, 0) is 42.7 Å². The number of sulfonamides is 1. The zero-order chi connectivity index (χ0) is 19.4. The number of benzene rings is 2. The number of anilines is 1. The Labute approximate surface area is 160 Å². The first-order chi connectivity index (χ1) is 12.9. The summed E-state index contributed by atoms with van der Waals surface area (Å²) < 4.78 is 47.4. The fourth-order valence-electron chi connectivity index (χ4n) is 3.16. The Kier molecular flexibility index (Phi) is 6.14. The van der Waals surface area contributed by atoms with Crippen molar-refractivity contribution in [3.05, 3.63) is 59.9 Å². The maximum absolute atomic E-state index is 14.2. The van der Waals surface area contributed by atoms with Gasteiger partial charge in [-0.25, -0.2) is 12.8 Å². The highest BCUT2D eigenvalue weighted by Crippen LogP contribution is 2.24. The van der Waals surface area contributed by atoms with E-state index < -0.39 is 15.8 Å². The van der Waals surface area contributed by atoms with Crippen LogP contribution in [0, 0.1) is 5.82 Å². The van der Waals surface area contributed by atoms with Crippen LogP contribution in [-0.2, 0) is 21.3 Å². The number of hydrogen-bond donors (Lipinski definition) is 0. The summed E-state index contributed by atoms with van der Waals surface area (Å²) in [5.41, 5.74) is 1.87. The van der Waals surface area contributed by atoms with Crippen LogP contribution in [-0.4, -0.2) is 46.1 Å². The van der Waals surface area contributed by atoms with E-state index >= 15 is 0 Å². The van der Waals surface area contributed by atoms with Crippen LogP contribution in [0.2, 0.25) is 0 Å². The largest absolute Gasteiger partial charge is 0.378 e. The number of halogens is 1. The molecule has 2 aromatic rings. The zero-order valence-electron chi connectivity index (χ0n) is 15.6. The van der Waals surface area contributed by atoms with Crippen molar-refractivity contribution in [1.29, 1.82) is 0 Å². The Hall–Kier alpha value is -1.96. The summed E-state index contributed by atoms with van der Waals surface area (Å²) in [4.78, 5) is 1.68. The second-order valence-electron chi connectivity index (χ2n) is 6.92. The first kappa shape index (κ1) is 19.8. The Morgan fingerprint density at radius 1 is 1.11 bits per heavy atom. The molecule has 0 amide bonds. The van der Waals surface area contributed by atoms with Crippen molar-refractivity contribution in [3.8, 4) is 0 Å². The molecule has 0 radical (unpaired) electrons. The van der Waals surface area contributed by atoms with E-state index in [4.69, 9.17) is 4.74 Å². The molecule has 5 nitrogen and oxygen atoms in total. The summed E-state index contributed by atoms with van der Waals surface area (Å²) in [6.45, 7) is 1.02. The number of nitrogens with zero attached hydrogens (tertiary/aromatic N) is 2. The standard InChI is InChI=1S/C20H25FN2O3S/c1-22(2)17-11-9-16(10-12-17)14-23(15-18-6-5-13-26-18)27(24,25)20-8-4-3-7-19(20)21/h3-4,7-12,18H,5-6,13-15H2,1-2H3/t18-/m1/s1. The van der Waals surface area contributed by atoms with Gasteiger partial charge in [0.1, 0.15) is 10.7 Å². The van der Waals surface area contributed by atoms with Crippen molar-refractivity contribution < 1.29 is 17.5 Å². The molecule has 0 aliphatic carbocycles. The molecule has 27 heavy (non-hydrogen) atoms. The monoisotopic (exact) mass is 392 g/mol. The summed E-state index contributed by atoms with van der Waals surface area (Å²) >= 11 is 0. The van der Waals surface area contributed by atoms with E-state index in [1.54, 1.807) is 0 Å². The van der Waals surface area contributed by atoms with Crippen LogP contribution in [0.1, 0.15) is 18.4 Å². The van der Waals surface area contributed by atoms with E-state index in [0.717, 1.165) is 24.1 Å². The maximum Gasteiger partial charge on any atom is 0.246 e. The van der Waals surface area contributed by atoms with E-state index in [2.05, 4.69) is 0 Å². The highest BCUT2D eigenvalue weighted by molar-refractivity contribution is 7.89. The Morgan fingerprint density at radius 3 is 2.41 bits per heavy atom. The Bertz CT molecular complexity index is 863. The smallest absolute Gasteiger partial charge is 0.246 e. The normalized spacial score (nSPS) is 17.4. The lowest BCUT2D eigenvalue weighted by molar-refractivity contribution is 0.0925. The minimum absolute atomic E-state index is 0.160. The molecule has 0 spiro atoms. The van der Waals surface area contributed by atoms with Crippen molar-refractivity contribution >= 4 is 15.7 Å². The highest BCUT2D eigenvalue weighted by Gasteiger charge is 2.31. The van der Waals surface area contributed by atoms with Gasteiger partial charge in [-0.1, -0.05) is 24.3 Å². The van der Waals surface area contributed by atoms with Gasteiger partial charge in [0.05, 0.1) is 6.10 Å². The van der Waals surface area contributed by atoms with E-state index in [-0.39, 0.29) is 24.1 Å². The minimum Gasteiger partial charge on any atom is -0.378 e. The fourth-order valence-corrected chi connectivity index (χ4v) is 4.68. The van der Waals surface area contributed by atoms with E-state index in [1.807, 2.05) is 43.3 Å². The molecule has 1 fully saturated rings. The molecule has 7 heteroatoms. The van der Waals surface area contributed by atoms with Crippen molar-refractivity contribution in [2.75, 3.05) is 32.1 Å². The van der Waals surface area contributed by atoms with Crippen LogP contribution < -0.4 is 4.90 Å². The average Bonchev–Trinajstić information content (AvgIpc) is 3.15. The van der Waals surface area contributed by atoms with Crippen LogP contribution >= 0.6 is 0 Å². The third-order valence-corrected chi connectivity index (χ3v) is 6.54.